The summed E-state index contributed by atoms with van der Waals surface area (Å²) in [5.41, 5.74) is 7.20. The summed E-state index contributed by atoms with van der Waals surface area (Å²) < 4.78 is 0. The highest BCUT2D eigenvalue weighted by molar-refractivity contribution is 5.16. The van der Waals surface area contributed by atoms with E-state index in [-0.39, 0.29) is 25.3 Å². The van der Waals surface area contributed by atoms with Crippen molar-refractivity contribution in [2.24, 2.45) is 5.73 Å². The fourth-order valence-corrected chi connectivity index (χ4v) is 2.15. The minimum absolute atomic E-state index is 0.0250. The Hall–Kier alpha value is -1.01. The van der Waals surface area contributed by atoms with E-state index in [4.69, 9.17) is 15.9 Å². The van der Waals surface area contributed by atoms with Crippen LogP contribution in [0.5, 0.6) is 0 Å². The number of rotatable bonds is 8. The standard InChI is InChI=1S/C13H23N3O2/c1-2-12(14)13(11-4-3-5-15-10-11)16(6-8-17)7-9-18/h3-5,10,12-13,17-18H,2,6-9,14H2,1H3. The summed E-state index contributed by atoms with van der Waals surface area (Å²) in [6, 6.07) is 3.78. The second-order valence-electron chi connectivity index (χ2n) is 4.29. The predicted molar refractivity (Wildman–Crippen MR) is 71.0 cm³/mol. The van der Waals surface area contributed by atoms with Gasteiger partial charge in [0.15, 0.2) is 0 Å². The Kier molecular flexibility index (Phi) is 6.82. The zero-order valence-corrected chi connectivity index (χ0v) is 10.9. The first-order chi connectivity index (χ1) is 8.74. The highest BCUT2D eigenvalue weighted by atomic mass is 16.3. The fourth-order valence-electron chi connectivity index (χ4n) is 2.15. The second kappa shape index (κ2) is 8.16. The van der Waals surface area contributed by atoms with Gasteiger partial charge in [0, 0.05) is 31.5 Å². The van der Waals surface area contributed by atoms with Gasteiger partial charge in [-0.15, -0.1) is 0 Å². The largest absolute Gasteiger partial charge is 0.395 e. The highest BCUT2D eigenvalue weighted by Crippen LogP contribution is 2.23. The monoisotopic (exact) mass is 253 g/mol. The fraction of sp³-hybridized carbons (Fsp3) is 0.615. The molecule has 0 radical (unpaired) electrons. The first kappa shape index (κ1) is 15.0. The first-order valence-corrected chi connectivity index (χ1v) is 6.35. The second-order valence-corrected chi connectivity index (χ2v) is 4.29. The maximum absolute atomic E-state index is 9.13. The van der Waals surface area contributed by atoms with Gasteiger partial charge in [-0.1, -0.05) is 13.0 Å². The van der Waals surface area contributed by atoms with Crippen LogP contribution in [-0.4, -0.2) is 52.4 Å². The van der Waals surface area contributed by atoms with Crippen molar-refractivity contribution < 1.29 is 10.2 Å². The van der Waals surface area contributed by atoms with Crippen LogP contribution >= 0.6 is 0 Å². The van der Waals surface area contributed by atoms with E-state index in [1.165, 1.54) is 0 Å². The van der Waals surface area contributed by atoms with Gasteiger partial charge in [-0.2, -0.15) is 0 Å². The Balaban J connectivity index is 2.95. The molecule has 0 aliphatic rings. The van der Waals surface area contributed by atoms with Crippen LogP contribution in [0, 0.1) is 0 Å². The maximum Gasteiger partial charge on any atom is 0.0558 e. The Morgan fingerprint density at radius 2 is 2.00 bits per heavy atom. The lowest BCUT2D eigenvalue weighted by Crippen LogP contribution is -2.43. The molecule has 2 atom stereocenters. The molecule has 0 aliphatic heterocycles. The van der Waals surface area contributed by atoms with Gasteiger partial charge >= 0.3 is 0 Å². The van der Waals surface area contributed by atoms with E-state index in [1.54, 1.807) is 12.4 Å². The third-order valence-electron chi connectivity index (χ3n) is 3.07. The average molecular weight is 253 g/mol. The molecular formula is C13H23N3O2. The number of aromatic nitrogens is 1. The molecule has 2 unspecified atom stereocenters. The van der Waals surface area contributed by atoms with E-state index in [0.29, 0.717) is 13.1 Å². The van der Waals surface area contributed by atoms with Crippen LogP contribution in [0.25, 0.3) is 0 Å². The summed E-state index contributed by atoms with van der Waals surface area (Å²) >= 11 is 0. The molecule has 1 rings (SSSR count). The van der Waals surface area contributed by atoms with Crippen LogP contribution in [0.1, 0.15) is 24.9 Å². The lowest BCUT2D eigenvalue weighted by molar-refractivity contribution is 0.107. The van der Waals surface area contributed by atoms with E-state index in [0.717, 1.165) is 12.0 Å². The molecule has 0 spiro atoms. The number of hydrogen-bond acceptors (Lipinski definition) is 5. The van der Waals surface area contributed by atoms with Gasteiger partial charge in [0.25, 0.3) is 0 Å². The first-order valence-electron chi connectivity index (χ1n) is 6.35. The Labute approximate surface area is 108 Å². The Morgan fingerprint density at radius 3 is 2.44 bits per heavy atom. The summed E-state index contributed by atoms with van der Waals surface area (Å²) in [5.74, 6) is 0. The number of nitrogens with zero attached hydrogens (tertiary/aromatic N) is 2. The summed E-state index contributed by atoms with van der Waals surface area (Å²) in [4.78, 5) is 6.12. The number of hydrogen-bond donors (Lipinski definition) is 3. The molecule has 0 amide bonds. The molecule has 102 valence electrons. The SMILES string of the molecule is CCC(N)C(c1cccnc1)N(CCO)CCO. The van der Waals surface area contributed by atoms with Crippen molar-refractivity contribution in [2.75, 3.05) is 26.3 Å². The van der Waals surface area contributed by atoms with Gasteiger partial charge in [0.05, 0.1) is 19.3 Å². The molecule has 0 saturated carbocycles. The number of nitrogens with two attached hydrogens (primary N) is 1. The van der Waals surface area contributed by atoms with Gasteiger partial charge < -0.3 is 15.9 Å². The average Bonchev–Trinajstić information content (AvgIpc) is 2.40. The van der Waals surface area contributed by atoms with Gasteiger partial charge in [-0.05, 0) is 18.1 Å². The van der Waals surface area contributed by atoms with Gasteiger partial charge in [-0.25, -0.2) is 0 Å². The molecule has 4 N–H and O–H groups in total. The highest BCUT2D eigenvalue weighted by Gasteiger charge is 2.25. The molecular weight excluding hydrogens is 230 g/mol. The van der Waals surface area contributed by atoms with Gasteiger partial charge in [-0.3, -0.25) is 9.88 Å². The van der Waals surface area contributed by atoms with Crippen molar-refractivity contribution in [1.29, 1.82) is 0 Å². The molecule has 0 aromatic carbocycles. The van der Waals surface area contributed by atoms with Crippen LogP contribution in [0.4, 0.5) is 0 Å². The van der Waals surface area contributed by atoms with E-state index < -0.39 is 0 Å². The van der Waals surface area contributed by atoms with Crippen molar-refractivity contribution in [1.82, 2.24) is 9.88 Å². The summed E-state index contributed by atoms with van der Waals surface area (Å²) in [7, 11) is 0. The lowest BCUT2D eigenvalue weighted by Gasteiger charge is -2.34. The zero-order chi connectivity index (χ0) is 13.4. The van der Waals surface area contributed by atoms with Crippen molar-refractivity contribution in [3.05, 3.63) is 30.1 Å². The number of aliphatic hydroxyl groups is 2. The molecule has 0 saturated heterocycles. The van der Waals surface area contributed by atoms with Crippen LogP contribution in [0.2, 0.25) is 0 Å². The maximum atomic E-state index is 9.13. The van der Waals surface area contributed by atoms with E-state index >= 15 is 0 Å². The van der Waals surface area contributed by atoms with E-state index in [1.807, 2.05) is 24.0 Å². The quantitative estimate of drug-likeness (QED) is 0.614. The molecule has 1 aromatic rings. The minimum Gasteiger partial charge on any atom is -0.395 e. The van der Waals surface area contributed by atoms with Gasteiger partial charge in [0.1, 0.15) is 0 Å². The van der Waals surface area contributed by atoms with Crippen molar-refractivity contribution in [3.8, 4) is 0 Å². The third kappa shape index (κ3) is 4.03. The molecule has 5 heteroatoms. The predicted octanol–water partition coefficient (Wildman–Crippen LogP) is 0.147. The van der Waals surface area contributed by atoms with Crippen LogP contribution in [0.15, 0.2) is 24.5 Å². The smallest absolute Gasteiger partial charge is 0.0558 e. The van der Waals surface area contributed by atoms with Crippen molar-refractivity contribution in [2.45, 2.75) is 25.4 Å². The molecule has 1 aromatic heterocycles. The van der Waals surface area contributed by atoms with Crippen molar-refractivity contribution >= 4 is 0 Å². The van der Waals surface area contributed by atoms with Crippen LogP contribution < -0.4 is 5.73 Å². The van der Waals surface area contributed by atoms with Crippen LogP contribution in [0.3, 0.4) is 0 Å². The topological polar surface area (TPSA) is 82.6 Å². The lowest BCUT2D eigenvalue weighted by atomic mass is 9.97. The molecule has 5 nitrogen and oxygen atoms in total. The molecule has 18 heavy (non-hydrogen) atoms. The number of pyridine rings is 1. The van der Waals surface area contributed by atoms with Crippen molar-refractivity contribution in [3.63, 3.8) is 0 Å². The van der Waals surface area contributed by atoms with E-state index in [9.17, 15) is 0 Å². The summed E-state index contributed by atoms with van der Waals surface area (Å²) in [6.45, 7) is 3.12. The molecule has 1 heterocycles. The Morgan fingerprint density at radius 1 is 1.33 bits per heavy atom. The Bertz CT molecular complexity index is 315. The minimum atomic E-state index is -0.0488. The van der Waals surface area contributed by atoms with E-state index in [2.05, 4.69) is 4.98 Å². The third-order valence-corrected chi connectivity index (χ3v) is 3.07. The molecule has 0 fully saturated rings. The normalized spacial score (nSPS) is 14.7. The number of aliphatic hydroxyl groups excluding tert-OH is 2. The van der Waals surface area contributed by atoms with Crippen LogP contribution in [-0.2, 0) is 0 Å². The molecule has 0 aliphatic carbocycles. The molecule has 0 bridgehead atoms. The zero-order valence-electron chi connectivity index (χ0n) is 10.9. The summed E-state index contributed by atoms with van der Waals surface area (Å²) in [6.07, 6.45) is 4.34. The summed E-state index contributed by atoms with van der Waals surface area (Å²) in [5, 5.41) is 18.3. The van der Waals surface area contributed by atoms with Gasteiger partial charge in [0.2, 0.25) is 0 Å².